The first-order valence-electron chi connectivity index (χ1n) is 10.4. The molecule has 1 aliphatic heterocycles. The molecule has 2 aromatic carbocycles. The molecule has 0 radical (unpaired) electrons. The number of hydrogen-bond acceptors (Lipinski definition) is 3. The standard InChI is InChI=1S/C24H30N4O3/c1-17-11-12-19(15-20(17)25-21(29)18-9-7-6-8-10-18)22(30)28-14-13-27(16-24(28,2)3)23(31)26(4)5/h6-12,15H,13-14,16H2,1-5H3,(H,25,29). The van der Waals surface area contributed by atoms with Crippen molar-refractivity contribution < 1.29 is 14.4 Å². The van der Waals surface area contributed by atoms with Gasteiger partial charge in [-0.2, -0.15) is 0 Å². The van der Waals surface area contributed by atoms with Crippen LogP contribution in [-0.4, -0.2) is 71.8 Å². The predicted molar refractivity (Wildman–Crippen MR) is 121 cm³/mol. The van der Waals surface area contributed by atoms with Gasteiger partial charge in [0.1, 0.15) is 0 Å². The summed E-state index contributed by atoms with van der Waals surface area (Å²) < 4.78 is 0. The Balaban J connectivity index is 1.78. The van der Waals surface area contributed by atoms with E-state index in [2.05, 4.69) is 5.32 Å². The molecule has 0 saturated carbocycles. The van der Waals surface area contributed by atoms with Crippen LogP contribution in [0.4, 0.5) is 10.5 Å². The van der Waals surface area contributed by atoms with Gasteiger partial charge in [0.2, 0.25) is 0 Å². The molecule has 7 nitrogen and oxygen atoms in total. The maximum absolute atomic E-state index is 13.3. The molecule has 0 bridgehead atoms. The van der Waals surface area contributed by atoms with E-state index in [0.717, 1.165) is 5.56 Å². The average molecular weight is 423 g/mol. The largest absolute Gasteiger partial charge is 0.331 e. The van der Waals surface area contributed by atoms with Crippen molar-refractivity contribution in [3.05, 3.63) is 65.2 Å². The Hall–Kier alpha value is -3.35. The molecule has 0 unspecified atom stereocenters. The van der Waals surface area contributed by atoms with E-state index in [4.69, 9.17) is 0 Å². The summed E-state index contributed by atoms with van der Waals surface area (Å²) in [7, 11) is 3.45. The third-order valence-electron chi connectivity index (χ3n) is 5.57. The molecular formula is C24H30N4O3. The quantitative estimate of drug-likeness (QED) is 0.823. The van der Waals surface area contributed by atoms with E-state index in [1.54, 1.807) is 53.1 Å². The fraction of sp³-hybridized carbons (Fsp3) is 0.375. The van der Waals surface area contributed by atoms with Crippen LogP contribution in [-0.2, 0) is 0 Å². The summed E-state index contributed by atoms with van der Waals surface area (Å²) in [6, 6.07) is 14.3. The van der Waals surface area contributed by atoms with Gasteiger partial charge in [-0.15, -0.1) is 0 Å². The maximum atomic E-state index is 13.3. The van der Waals surface area contributed by atoms with Gasteiger partial charge in [-0.3, -0.25) is 9.59 Å². The third-order valence-corrected chi connectivity index (χ3v) is 5.57. The van der Waals surface area contributed by atoms with Crippen molar-refractivity contribution in [1.29, 1.82) is 0 Å². The first-order chi connectivity index (χ1) is 14.6. The van der Waals surface area contributed by atoms with E-state index < -0.39 is 5.54 Å². The molecule has 31 heavy (non-hydrogen) atoms. The summed E-state index contributed by atoms with van der Waals surface area (Å²) in [6.45, 7) is 7.21. The van der Waals surface area contributed by atoms with Gasteiger partial charge in [-0.1, -0.05) is 24.3 Å². The minimum Gasteiger partial charge on any atom is -0.331 e. The first-order valence-corrected chi connectivity index (χ1v) is 10.4. The summed E-state index contributed by atoms with van der Waals surface area (Å²) >= 11 is 0. The average Bonchev–Trinajstić information content (AvgIpc) is 2.74. The highest BCUT2D eigenvalue weighted by atomic mass is 16.2. The van der Waals surface area contributed by atoms with Crippen molar-refractivity contribution in [3.8, 4) is 0 Å². The number of aryl methyl sites for hydroxylation is 1. The van der Waals surface area contributed by atoms with Crippen LogP contribution < -0.4 is 5.32 Å². The molecule has 3 rings (SSSR count). The van der Waals surface area contributed by atoms with Crippen molar-refractivity contribution in [2.24, 2.45) is 0 Å². The Kier molecular flexibility index (Phi) is 6.34. The molecule has 0 atom stereocenters. The minimum atomic E-state index is -0.515. The van der Waals surface area contributed by atoms with Gasteiger partial charge >= 0.3 is 6.03 Å². The number of carbonyl (C=O) groups is 3. The first kappa shape index (κ1) is 22.3. The number of amides is 4. The number of rotatable bonds is 3. The van der Waals surface area contributed by atoms with E-state index in [-0.39, 0.29) is 17.8 Å². The molecule has 4 amide bonds. The fourth-order valence-electron chi connectivity index (χ4n) is 3.81. The van der Waals surface area contributed by atoms with Crippen molar-refractivity contribution in [2.75, 3.05) is 39.0 Å². The summed E-state index contributed by atoms with van der Waals surface area (Å²) in [5.41, 5.74) is 2.04. The van der Waals surface area contributed by atoms with Crippen molar-refractivity contribution in [3.63, 3.8) is 0 Å². The van der Waals surface area contributed by atoms with E-state index in [0.29, 0.717) is 36.4 Å². The molecule has 0 aliphatic carbocycles. The van der Waals surface area contributed by atoms with Crippen molar-refractivity contribution in [1.82, 2.24) is 14.7 Å². The monoisotopic (exact) mass is 422 g/mol. The Morgan fingerprint density at radius 3 is 2.26 bits per heavy atom. The van der Waals surface area contributed by atoms with Gasteiger partial charge in [0.15, 0.2) is 0 Å². The lowest BCUT2D eigenvalue weighted by atomic mass is 9.97. The summed E-state index contributed by atoms with van der Waals surface area (Å²) in [5.74, 6) is -0.332. The van der Waals surface area contributed by atoms with Crippen LogP contribution in [0.5, 0.6) is 0 Å². The lowest BCUT2D eigenvalue weighted by Crippen LogP contribution is -2.63. The number of nitrogens with zero attached hydrogens (tertiary/aromatic N) is 3. The van der Waals surface area contributed by atoms with Crippen LogP contribution in [0, 0.1) is 6.92 Å². The molecule has 0 spiro atoms. The van der Waals surface area contributed by atoms with Crippen LogP contribution >= 0.6 is 0 Å². The molecule has 1 aliphatic rings. The molecule has 1 N–H and O–H groups in total. The second kappa shape index (κ2) is 8.79. The fourth-order valence-corrected chi connectivity index (χ4v) is 3.81. The van der Waals surface area contributed by atoms with Crippen LogP contribution in [0.25, 0.3) is 0 Å². The van der Waals surface area contributed by atoms with Crippen LogP contribution in [0.2, 0.25) is 0 Å². The van der Waals surface area contributed by atoms with Gasteiger partial charge in [-0.05, 0) is 50.6 Å². The van der Waals surface area contributed by atoms with Crippen molar-refractivity contribution in [2.45, 2.75) is 26.3 Å². The zero-order chi connectivity index (χ0) is 22.8. The normalized spacial score (nSPS) is 15.4. The highest BCUT2D eigenvalue weighted by Crippen LogP contribution is 2.26. The number of urea groups is 1. The molecule has 2 aromatic rings. The van der Waals surface area contributed by atoms with E-state index in [1.165, 1.54) is 0 Å². The Morgan fingerprint density at radius 2 is 1.65 bits per heavy atom. The Morgan fingerprint density at radius 1 is 0.968 bits per heavy atom. The lowest BCUT2D eigenvalue weighted by Gasteiger charge is -2.47. The van der Waals surface area contributed by atoms with Crippen LogP contribution in [0.3, 0.4) is 0 Å². The molecule has 1 fully saturated rings. The van der Waals surface area contributed by atoms with Gasteiger partial charge < -0.3 is 20.0 Å². The van der Waals surface area contributed by atoms with E-state index >= 15 is 0 Å². The second-order valence-electron chi connectivity index (χ2n) is 8.72. The van der Waals surface area contributed by atoms with Crippen LogP contribution in [0.1, 0.15) is 40.1 Å². The summed E-state index contributed by atoms with van der Waals surface area (Å²) in [4.78, 5) is 43.4. The van der Waals surface area contributed by atoms with Gasteiger partial charge in [0.25, 0.3) is 11.8 Å². The maximum Gasteiger partial charge on any atom is 0.319 e. The second-order valence-corrected chi connectivity index (χ2v) is 8.72. The zero-order valence-corrected chi connectivity index (χ0v) is 18.8. The Labute approximate surface area is 183 Å². The number of hydrogen-bond donors (Lipinski definition) is 1. The van der Waals surface area contributed by atoms with E-state index in [1.807, 2.05) is 45.0 Å². The van der Waals surface area contributed by atoms with Gasteiger partial charge in [0, 0.05) is 50.5 Å². The predicted octanol–water partition coefficient (Wildman–Crippen LogP) is 3.47. The number of benzene rings is 2. The lowest BCUT2D eigenvalue weighted by molar-refractivity contribution is 0.0241. The number of anilines is 1. The van der Waals surface area contributed by atoms with Gasteiger partial charge in [-0.25, -0.2) is 4.79 Å². The van der Waals surface area contributed by atoms with Gasteiger partial charge in [0.05, 0.1) is 5.54 Å². The molecular weight excluding hydrogens is 392 g/mol. The summed E-state index contributed by atoms with van der Waals surface area (Å²) in [5, 5.41) is 2.91. The van der Waals surface area contributed by atoms with Crippen molar-refractivity contribution >= 4 is 23.5 Å². The third kappa shape index (κ3) is 4.87. The van der Waals surface area contributed by atoms with Crippen LogP contribution in [0.15, 0.2) is 48.5 Å². The topological polar surface area (TPSA) is 73.0 Å². The number of nitrogens with one attached hydrogen (secondary N) is 1. The molecule has 1 heterocycles. The number of piperazine rings is 1. The highest BCUT2D eigenvalue weighted by Gasteiger charge is 2.39. The molecule has 1 saturated heterocycles. The summed E-state index contributed by atoms with van der Waals surface area (Å²) in [6.07, 6.45) is 0. The smallest absolute Gasteiger partial charge is 0.319 e. The molecule has 7 heteroatoms. The van der Waals surface area contributed by atoms with E-state index in [9.17, 15) is 14.4 Å². The highest BCUT2D eigenvalue weighted by molar-refractivity contribution is 6.05. The minimum absolute atomic E-state index is 0.0542. The SMILES string of the molecule is Cc1ccc(C(=O)N2CCN(C(=O)N(C)C)CC2(C)C)cc1NC(=O)c1ccccc1. The molecule has 0 aromatic heterocycles. The zero-order valence-electron chi connectivity index (χ0n) is 18.8. The molecule has 164 valence electrons. The number of carbonyl (C=O) groups excluding carboxylic acids is 3. The Bertz CT molecular complexity index is 986.